The predicted molar refractivity (Wildman–Crippen MR) is 96.7 cm³/mol. The van der Waals surface area contributed by atoms with E-state index in [4.69, 9.17) is 9.66 Å². The molecule has 0 bridgehead atoms. The van der Waals surface area contributed by atoms with Crippen molar-refractivity contribution in [3.8, 4) is 0 Å². The molecule has 164 valence electrons. The van der Waals surface area contributed by atoms with Gasteiger partial charge in [-0.15, -0.1) is 19.1 Å². The number of nitrogens with zero attached hydrogens (tertiary/aromatic N) is 6. The van der Waals surface area contributed by atoms with Crippen LogP contribution in [-0.4, -0.2) is 71.5 Å². The topological polar surface area (TPSA) is 58.9 Å². The van der Waals surface area contributed by atoms with E-state index < -0.39 is 15.8 Å². The van der Waals surface area contributed by atoms with Crippen LogP contribution in [0.2, 0.25) is 0 Å². The van der Waals surface area contributed by atoms with E-state index in [0.29, 0.717) is 0 Å². The van der Waals surface area contributed by atoms with Crippen LogP contribution >= 0.6 is 15.8 Å². The molecule has 16 heteroatoms. The van der Waals surface area contributed by atoms with Crippen molar-refractivity contribution < 1.29 is 34.8 Å². The van der Waals surface area contributed by atoms with Gasteiger partial charge in [0.1, 0.15) is 11.0 Å². The molecule has 0 saturated heterocycles. The molecule has 0 saturated carbocycles. The zero-order valence-electron chi connectivity index (χ0n) is 16.0. The van der Waals surface area contributed by atoms with Crippen molar-refractivity contribution in [2.75, 3.05) is 42.3 Å². The summed E-state index contributed by atoms with van der Waals surface area (Å²) >= 11 is 0. The summed E-state index contributed by atoms with van der Waals surface area (Å²) in [5.74, 6) is 0. The number of hydrogen-bond donors (Lipinski definition) is 0. The van der Waals surface area contributed by atoms with Gasteiger partial charge < -0.3 is 0 Å². The first-order valence-electron chi connectivity index (χ1n) is 7.50. The Bertz CT molecular complexity index is 765. The van der Waals surface area contributed by atoms with Gasteiger partial charge in [0.05, 0.1) is 0 Å². The maximum absolute atomic E-state index is 10.7. The SMILES string of the molecule is CN(C)[P+](OOn1nnc2ccccc21)(N(C)C)N(C)C.F[P-](F)(F)(F)(F)F. The Kier molecular flexibility index (Phi) is 6.63. The minimum atomic E-state index is -10.7. The number of rotatable bonds is 6. The third-order valence-electron chi connectivity index (χ3n) is 3.09. The summed E-state index contributed by atoms with van der Waals surface area (Å²) in [5.41, 5.74) is 1.51. The molecular formula is C12H22F6N6O2P2. The van der Waals surface area contributed by atoms with Crippen molar-refractivity contribution in [1.29, 1.82) is 0 Å². The van der Waals surface area contributed by atoms with Crippen LogP contribution in [0.3, 0.4) is 0 Å². The molecule has 28 heavy (non-hydrogen) atoms. The molecule has 0 aliphatic rings. The molecule has 8 nitrogen and oxygen atoms in total. The first-order chi connectivity index (χ1) is 12.3. The monoisotopic (exact) mass is 458 g/mol. The van der Waals surface area contributed by atoms with E-state index in [1.54, 1.807) is 0 Å². The third-order valence-corrected chi connectivity index (χ3v) is 6.48. The molecule has 0 atom stereocenters. The Balaban J connectivity index is 0.000000480. The quantitative estimate of drug-likeness (QED) is 0.273. The Morgan fingerprint density at radius 1 is 0.857 bits per heavy atom. The molecule has 1 heterocycles. The summed E-state index contributed by atoms with van der Waals surface area (Å²) in [6.45, 7) is 0. The van der Waals surface area contributed by atoms with Crippen LogP contribution in [0, 0.1) is 0 Å². The number of fused-ring (bicyclic) bond motifs is 1. The van der Waals surface area contributed by atoms with Gasteiger partial charge in [0.2, 0.25) is 0 Å². The normalized spacial score (nSPS) is 15.4. The summed E-state index contributed by atoms with van der Waals surface area (Å²) < 4.78 is 71.0. The Morgan fingerprint density at radius 3 is 1.71 bits per heavy atom. The Hall–Kier alpha value is -1.30. The van der Waals surface area contributed by atoms with Gasteiger partial charge in [0.25, 0.3) is 0 Å². The van der Waals surface area contributed by atoms with Gasteiger partial charge in [0, 0.05) is 47.0 Å². The second kappa shape index (κ2) is 7.51. The second-order valence-electron chi connectivity index (χ2n) is 6.11. The molecular weight excluding hydrogens is 436 g/mol. The summed E-state index contributed by atoms with van der Waals surface area (Å²) in [5, 5.41) is 7.99. The number of halogens is 6. The number of benzene rings is 1. The zero-order valence-corrected chi connectivity index (χ0v) is 17.8. The molecule has 0 N–H and O–H groups in total. The predicted octanol–water partition coefficient (Wildman–Crippen LogP) is 4.54. The van der Waals surface area contributed by atoms with Gasteiger partial charge in [-0.2, -0.15) is 4.99 Å². The minimum absolute atomic E-state index is 0.754. The van der Waals surface area contributed by atoms with Crippen LogP contribution < -0.4 is 4.99 Å². The average Bonchev–Trinajstić information content (AvgIpc) is 2.87. The van der Waals surface area contributed by atoms with Crippen LogP contribution in [-0.2, 0) is 4.67 Å². The summed E-state index contributed by atoms with van der Waals surface area (Å²) in [6, 6.07) is 7.55. The summed E-state index contributed by atoms with van der Waals surface area (Å²) in [6.07, 6.45) is 0. The zero-order chi connectivity index (χ0) is 22.0. The van der Waals surface area contributed by atoms with Crippen molar-refractivity contribution in [2.45, 2.75) is 0 Å². The van der Waals surface area contributed by atoms with E-state index in [0.717, 1.165) is 11.0 Å². The Morgan fingerprint density at radius 2 is 1.29 bits per heavy atom. The van der Waals surface area contributed by atoms with Crippen LogP contribution in [0.15, 0.2) is 24.3 Å². The van der Waals surface area contributed by atoms with Crippen molar-refractivity contribution >= 4 is 26.8 Å². The van der Waals surface area contributed by atoms with Crippen molar-refractivity contribution in [1.82, 2.24) is 29.2 Å². The van der Waals surface area contributed by atoms with Gasteiger partial charge >= 0.3 is 40.9 Å². The second-order valence-corrected chi connectivity index (χ2v) is 11.6. The van der Waals surface area contributed by atoms with Gasteiger partial charge in [-0.1, -0.05) is 12.1 Å². The molecule has 1 aromatic carbocycles. The standard InChI is InChI=1S/C12H22N6O2P.F6P/c1-15(2)21(16(3)4,17(5)6)20-19-18-12-10-8-7-9-11(12)13-14-18;1-7(2,3,4,5)6/h7-10H,1-6H3;/q+1;-1. The third kappa shape index (κ3) is 7.61. The summed E-state index contributed by atoms with van der Waals surface area (Å²) in [7, 11) is -1.17. The Labute approximate surface area is 158 Å². The van der Waals surface area contributed by atoms with E-state index in [9.17, 15) is 25.2 Å². The summed E-state index contributed by atoms with van der Waals surface area (Å²) in [4.78, 5) is 6.77. The molecule has 0 fully saturated rings. The molecule has 0 radical (unpaired) electrons. The molecule has 2 rings (SSSR count). The first-order valence-corrected chi connectivity index (χ1v) is 11.1. The molecule has 0 spiro atoms. The molecule has 0 unspecified atom stereocenters. The van der Waals surface area contributed by atoms with Crippen molar-refractivity contribution in [3.63, 3.8) is 0 Å². The van der Waals surface area contributed by atoms with E-state index in [1.165, 1.54) is 4.85 Å². The molecule has 2 aromatic rings. The van der Waals surface area contributed by atoms with Gasteiger partial charge in [-0.05, 0) is 22.2 Å². The average molecular weight is 458 g/mol. The fourth-order valence-corrected chi connectivity index (χ4v) is 4.95. The van der Waals surface area contributed by atoms with Crippen LogP contribution in [0.5, 0.6) is 0 Å². The van der Waals surface area contributed by atoms with Crippen molar-refractivity contribution in [2.24, 2.45) is 0 Å². The van der Waals surface area contributed by atoms with E-state index in [-0.39, 0.29) is 0 Å². The molecule has 0 aliphatic carbocycles. The molecule has 1 aromatic heterocycles. The van der Waals surface area contributed by atoms with E-state index in [2.05, 4.69) is 10.3 Å². The molecule has 0 amide bonds. The van der Waals surface area contributed by atoms with Crippen LogP contribution in [0.25, 0.3) is 11.0 Å². The van der Waals surface area contributed by atoms with Crippen LogP contribution in [0.4, 0.5) is 25.2 Å². The first kappa shape index (κ1) is 24.7. The van der Waals surface area contributed by atoms with Crippen LogP contribution in [0.1, 0.15) is 0 Å². The number of hydrogen-bond acceptors (Lipinski definition) is 7. The van der Waals surface area contributed by atoms with E-state index in [1.807, 2.05) is 80.6 Å². The number of para-hydroxylation sites is 1. The van der Waals surface area contributed by atoms with Gasteiger partial charge in [-0.25, -0.2) is 0 Å². The fourth-order valence-electron chi connectivity index (χ4n) is 2.25. The maximum atomic E-state index is 9.87. The fraction of sp³-hybridized carbons (Fsp3) is 0.500. The van der Waals surface area contributed by atoms with Crippen molar-refractivity contribution in [3.05, 3.63) is 24.3 Å². The number of aromatic nitrogens is 3. The van der Waals surface area contributed by atoms with Gasteiger partial charge in [0.15, 0.2) is 0 Å². The van der Waals surface area contributed by atoms with E-state index >= 15 is 0 Å². The molecule has 0 aliphatic heterocycles. The van der Waals surface area contributed by atoms with Gasteiger partial charge in [-0.3, -0.25) is 0 Å².